The summed E-state index contributed by atoms with van der Waals surface area (Å²) in [6, 6.07) is 12.3. The molecule has 2 heterocycles. The Labute approximate surface area is 129 Å². The van der Waals surface area contributed by atoms with Crippen molar-refractivity contribution < 1.29 is 4.79 Å². The van der Waals surface area contributed by atoms with E-state index in [1.807, 2.05) is 17.5 Å². The fraction of sp³-hybridized carbons (Fsp3) is 0.353. The van der Waals surface area contributed by atoms with Gasteiger partial charge in [0.2, 0.25) is 0 Å². The number of nitrogens with zero attached hydrogens (tertiary/aromatic N) is 1. The predicted octanol–water partition coefficient (Wildman–Crippen LogP) is 3.27. The van der Waals surface area contributed by atoms with Gasteiger partial charge in [-0.3, -0.25) is 9.69 Å². The van der Waals surface area contributed by atoms with Gasteiger partial charge in [-0.1, -0.05) is 30.3 Å². The molecule has 1 amide bonds. The van der Waals surface area contributed by atoms with Crippen LogP contribution in [-0.2, 0) is 13.1 Å². The first kappa shape index (κ1) is 14.3. The molecule has 1 aromatic carbocycles. The number of thiophene rings is 1. The van der Waals surface area contributed by atoms with E-state index in [0.29, 0.717) is 6.54 Å². The van der Waals surface area contributed by atoms with Crippen molar-refractivity contribution in [3.8, 4) is 0 Å². The van der Waals surface area contributed by atoms with Gasteiger partial charge >= 0.3 is 0 Å². The van der Waals surface area contributed by atoms with Crippen molar-refractivity contribution in [1.82, 2.24) is 10.2 Å². The van der Waals surface area contributed by atoms with E-state index < -0.39 is 0 Å². The molecule has 1 saturated heterocycles. The van der Waals surface area contributed by atoms with Gasteiger partial charge in [0.25, 0.3) is 5.91 Å². The molecule has 1 aromatic heterocycles. The van der Waals surface area contributed by atoms with E-state index in [1.54, 1.807) is 0 Å². The van der Waals surface area contributed by atoms with Crippen molar-refractivity contribution in [3.63, 3.8) is 0 Å². The summed E-state index contributed by atoms with van der Waals surface area (Å²) < 4.78 is 0. The van der Waals surface area contributed by atoms with Crippen LogP contribution in [0, 0.1) is 0 Å². The van der Waals surface area contributed by atoms with Crippen molar-refractivity contribution >= 4 is 17.2 Å². The highest BCUT2D eigenvalue weighted by atomic mass is 32.1. The SMILES string of the molecule is O=C(NCc1cccc(CN2CCCC2)c1)c1cccs1. The number of benzene rings is 1. The zero-order valence-corrected chi connectivity index (χ0v) is 12.9. The standard InChI is InChI=1S/C17H20N2OS/c20-17(16-7-4-10-21-16)18-12-14-5-3-6-15(11-14)13-19-8-1-2-9-19/h3-7,10-11H,1-2,8-9,12-13H2,(H,18,20). The Bertz CT molecular complexity index is 589. The predicted molar refractivity (Wildman–Crippen MR) is 86.4 cm³/mol. The molecule has 0 radical (unpaired) electrons. The summed E-state index contributed by atoms with van der Waals surface area (Å²) in [5.41, 5.74) is 2.50. The third-order valence-corrected chi connectivity index (χ3v) is 4.66. The van der Waals surface area contributed by atoms with E-state index in [4.69, 9.17) is 0 Å². The Balaban J connectivity index is 1.56. The number of amides is 1. The minimum Gasteiger partial charge on any atom is -0.347 e. The Morgan fingerprint density at radius 1 is 1.14 bits per heavy atom. The normalized spacial score (nSPS) is 15.2. The molecule has 4 heteroatoms. The van der Waals surface area contributed by atoms with Crippen LogP contribution < -0.4 is 5.32 Å². The third-order valence-electron chi connectivity index (χ3n) is 3.79. The van der Waals surface area contributed by atoms with Crippen LogP contribution in [0.5, 0.6) is 0 Å². The van der Waals surface area contributed by atoms with E-state index in [1.165, 1.54) is 42.8 Å². The second-order valence-corrected chi connectivity index (χ2v) is 6.41. The summed E-state index contributed by atoms with van der Waals surface area (Å²) in [4.78, 5) is 15.2. The van der Waals surface area contributed by atoms with Crippen LogP contribution in [0.2, 0.25) is 0 Å². The number of carbonyl (C=O) groups excluding carboxylic acids is 1. The molecular weight excluding hydrogens is 280 g/mol. The van der Waals surface area contributed by atoms with Gasteiger partial charge in [0.15, 0.2) is 0 Å². The first-order chi connectivity index (χ1) is 10.3. The quantitative estimate of drug-likeness (QED) is 0.919. The minimum atomic E-state index is 0.00921. The van der Waals surface area contributed by atoms with Crippen molar-refractivity contribution in [2.75, 3.05) is 13.1 Å². The zero-order valence-electron chi connectivity index (χ0n) is 12.0. The fourth-order valence-corrected chi connectivity index (χ4v) is 3.35. The second-order valence-electron chi connectivity index (χ2n) is 5.46. The van der Waals surface area contributed by atoms with Gasteiger partial charge in [0, 0.05) is 13.1 Å². The molecule has 1 aliphatic heterocycles. The fourth-order valence-electron chi connectivity index (χ4n) is 2.71. The summed E-state index contributed by atoms with van der Waals surface area (Å²) in [7, 11) is 0. The summed E-state index contributed by atoms with van der Waals surface area (Å²) in [6.07, 6.45) is 2.63. The van der Waals surface area contributed by atoms with Gasteiger partial charge in [-0.05, 0) is 48.5 Å². The van der Waals surface area contributed by atoms with Crippen molar-refractivity contribution in [3.05, 3.63) is 57.8 Å². The third kappa shape index (κ3) is 3.93. The van der Waals surface area contributed by atoms with Crippen LogP contribution in [0.25, 0.3) is 0 Å². The second kappa shape index (κ2) is 6.87. The van der Waals surface area contributed by atoms with Crippen LogP contribution in [0.3, 0.4) is 0 Å². The maximum absolute atomic E-state index is 11.9. The number of nitrogens with one attached hydrogen (secondary N) is 1. The molecule has 1 N–H and O–H groups in total. The molecular formula is C17H20N2OS. The Morgan fingerprint density at radius 3 is 2.71 bits per heavy atom. The zero-order chi connectivity index (χ0) is 14.5. The Hall–Kier alpha value is -1.65. The van der Waals surface area contributed by atoms with Gasteiger partial charge in [0.1, 0.15) is 0 Å². The number of carbonyl (C=O) groups is 1. The smallest absolute Gasteiger partial charge is 0.261 e. The molecule has 0 atom stereocenters. The van der Waals surface area contributed by atoms with Crippen molar-refractivity contribution in [2.45, 2.75) is 25.9 Å². The highest BCUT2D eigenvalue weighted by Crippen LogP contribution is 2.14. The van der Waals surface area contributed by atoms with Crippen LogP contribution in [0.15, 0.2) is 41.8 Å². The molecule has 3 rings (SSSR count). The van der Waals surface area contributed by atoms with Gasteiger partial charge < -0.3 is 5.32 Å². The number of rotatable bonds is 5. The average molecular weight is 300 g/mol. The van der Waals surface area contributed by atoms with Crippen molar-refractivity contribution in [1.29, 1.82) is 0 Å². The molecule has 3 nitrogen and oxygen atoms in total. The van der Waals surface area contributed by atoms with Crippen LogP contribution in [-0.4, -0.2) is 23.9 Å². The van der Waals surface area contributed by atoms with E-state index in [2.05, 4.69) is 34.5 Å². The molecule has 0 unspecified atom stereocenters. The molecule has 2 aromatic rings. The van der Waals surface area contributed by atoms with Crippen LogP contribution in [0.4, 0.5) is 0 Å². The van der Waals surface area contributed by atoms with E-state index in [0.717, 1.165) is 17.0 Å². The van der Waals surface area contributed by atoms with Gasteiger partial charge in [-0.15, -0.1) is 11.3 Å². The highest BCUT2D eigenvalue weighted by molar-refractivity contribution is 7.12. The maximum Gasteiger partial charge on any atom is 0.261 e. The van der Waals surface area contributed by atoms with E-state index in [9.17, 15) is 4.79 Å². The number of hydrogen-bond donors (Lipinski definition) is 1. The van der Waals surface area contributed by atoms with Gasteiger partial charge in [0.05, 0.1) is 4.88 Å². The number of hydrogen-bond acceptors (Lipinski definition) is 3. The lowest BCUT2D eigenvalue weighted by atomic mass is 10.1. The first-order valence-corrected chi connectivity index (χ1v) is 8.31. The monoisotopic (exact) mass is 300 g/mol. The highest BCUT2D eigenvalue weighted by Gasteiger charge is 2.12. The molecule has 110 valence electrons. The summed E-state index contributed by atoms with van der Waals surface area (Å²) in [6.45, 7) is 4.02. The molecule has 1 fully saturated rings. The topological polar surface area (TPSA) is 32.3 Å². The lowest BCUT2D eigenvalue weighted by Gasteiger charge is -2.15. The average Bonchev–Trinajstić information content (AvgIpc) is 3.18. The van der Waals surface area contributed by atoms with E-state index >= 15 is 0 Å². The van der Waals surface area contributed by atoms with Crippen LogP contribution in [0.1, 0.15) is 33.6 Å². The van der Waals surface area contributed by atoms with Crippen LogP contribution >= 0.6 is 11.3 Å². The lowest BCUT2D eigenvalue weighted by Crippen LogP contribution is -2.22. The molecule has 0 bridgehead atoms. The largest absolute Gasteiger partial charge is 0.347 e. The molecule has 21 heavy (non-hydrogen) atoms. The van der Waals surface area contributed by atoms with E-state index in [-0.39, 0.29) is 5.91 Å². The molecule has 1 aliphatic rings. The minimum absolute atomic E-state index is 0.00921. The van der Waals surface area contributed by atoms with Crippen molar-refractivity contribution in [2.24, 2.45) is 0 Å². The Kier molecular flexibility index (Phi) is 4.68. The molecule has 0 saturated carbocycles. The Morgan fingerprint density at radius 2 is 1.95 bits per heavy atom. The summed E-state index contributed by atoms with van der Waals surface area (Å²) >= 11 is 1.47. The summed E-state index contributed by atoms with van der Waals surface area (Å²) in [5, 5.41) is 4.90. The lowest BCUT2D eigenvalue weighted by molar-refractivity contribution is 0.0955. The molecule has 0 spiro atoms. The maximum atomic E-state index is 11.9. The first-order valence-electron chi connectivity index (χ1n) is 7.43. The van der Waals surface area contributed by atoms with Gasteiger partial charge in [-0.2, -0.15) is 0 Å². The molecule has 0 aliphatic carbocycles. The summed E-state index contributed by atoms with van der Waals surface area (Å²) in [5.74, 6) is 0.00921. The van der Waals surface area contributed by atoms with Gasteiger partial charge in [-0.25, -0.2) is 0 Å². The number of likely N-dealkylation sites (tertiary alicyclic amines) is 1.